The molecular formula is C18H14ClN5S2. The van der Waals surface area contributed by atoms with Gasteiger partial charge in [0.1, 0.15) is 5.01 Å². The summed E-state index contributed by atoms with van der Waals surface area (Å²) in [6.45, 7) is 0. The molecule has 3 aromatic heterocycles. The van der Waals surface area contributed by atoms with E-state index in [-0.39, 0.29) is 0 Å². The molecule has 1 aromatic carbocycles. The van der Waals surface area contributed by atoms with Crippen molar-refractivity contribution >= 4 is 34.7 Å². The molecule has 0 aliphatic carbocycles. The first kappa shape index (κ1) is 17.2. The fourth-order valence-corrected chi connectivity index (χ4v) is 4.51. The molecule has 0 amide bonds. The van der Waals surface area contributed by atoms with Crippen molar-refractivity contribution in [2.45, 2.75) is 10.9 Å². The summed E-state index contributed by atoms with van der Waals surface area (Å²) in [5.74, 6) is 1.52. The minimum absolute atomic E-state index is 0.718. The van der Waals surface area contributed by atoms with E-state index in [1.165, 1.54) is 0 Å². The molecule has 0 atom stereocenters. The summed E-state index contributed by atoms with van der Waals surface area (Å²) < 4.78 is 1.98. The first-order valence-corrected chi connectivity index (χ1v) is 10.1. The summed E-state index contributed by atoms with van der Waals surface area (Å²) in [5.41, 5.74) is 2.91. The Morgan fingerprint density at radius 2 is 2.04 bits per heavy atom. The SMILES string of the molecule is Cn1c(SCc2csc(-c3ccccc3Cl)n2)nnc1-c1cccnc1. The monoisotopic (exact) mass is 399 g/mol. The van der Waals surface area contributed by atoms with Crippen LogP contribution in [0.15, 0.2) is 59.3 Å². The molecule has 0 aliphatic rings. The highest BCUT2D eigenvalue weighted by molar-refractivity contribution is 7.98. The van der Waals surface area contributed by atoms with E-state index in [0.29, 0.717) is 0 Å². The van der Waals surface area contributed by atoms with E-state index in [0.717, 1.165) is 43.6 Å². The summed E-state index contributed by atoms with van der Waals surface area (Å²) >= 11 is 9.46. The van der Waals surface area contributed by atoms with E-state index in [4.69, 9.17) is 16.6 Å². The highest BCUT2D eigenvalue weighted by Crippen LogP contribution is 2.32. The van der Waals surface area contributed by atoms with Crippen LogP contribution >= 0.6 is 34.7 Å². The van der Waals surface area contributed by atoms with Gasteiger partial charge in [-0.2, -0.15) is 0 Å². The van der Waals surface area contributed by atoms with Gasteiger partial charge in [-0.15, -0.1) is 21.5 Å². The van der Waals surface area contributed by atoms with E-state index < -0.39 is 0 Å². The smallest absolute Gasteiger partial charge is 0.191 e. The molecule has 5 nitrogen and oxygen atoms in total. The number of benzene rings is 1. The lowest BCUT2D eigenvalue weighted by Crippen LogP contribution is -1.95. The minimum atomic E-state index is 0.718. The normalized spacial score (nSPS) is 11.0. The maximum absolute atomic E-state index is 6.26. The first-order chi connectivity index (χ1) is 12.7. The van der Waals surface area contributed by atoms with Crippen LogP contribution in [0.4, 0.5) is 0 Å². The van der Waals surface area contributed by atoms with Gasteiger partial charge in [-0.05, 0) is 18.2 Å². The molecule has 0 unspecified atom stereocenters. The van der Waals surface area contributed by atoms with E-state index in [2.05, 4.69) is 20.6 Å². The average molecular weight is 400 g/mol. The maximum atomic E-state index is 6.26. The zero-order valence-corrected chi connectivity index (χ0v) is 16.2. The third-order valence-corrected chi connectivity index (χ3v) is 6.07. The van der Waals surface area contributed by atoms with Crippen molar-refractivity contribution in [3.63, 3.8) is 0 Å². The summed E-state index contributed by atoms with van der Waals surface area (Å²) in [6.07, 6.45) is 3.53. The zero-order chi connectivity index (χ0) is 17.9. The number of thiazole rings is 1. The van der Waals surface area contributed by atoms with Crippen LogP contribution in [0.3, 0.4) is 0 Å². The third kappa shape index (κ3) is 3.51. The van der Waals surface area contributed by atoms with Crippen LogP contribution in [0.1, 0.15) is 5.69 Å². The molecule has 0 saturated carbocycles. The number of rotatable bonds is 5. The van der Waals surface area contributed by atoms with Gasteiger partial charge in [-0.25, -0.2) is 4.98 Å². The van der Waals surface area contributed by atoms with Crippen molar-refractivity contribution < 1.29 is 0 Å². The number of pyridine rings is 1. The van der Waals surface area contributed by atoms with Crippen LogP contribution < -0.4 is 0 Å². The molecular weight excluding hydrogens is 386 g/mol. The predicted molar refractivity (Wildman–Crippen MR) is 106 cm³/mol. The number of aromatic nitrogens is 5. The number of hydrogen-bond acceptors (Lipinski definition) is 6. The summed E-state index contributed by atoms with van der Waals surface area (Å²) in [7, 11) is 1.96. The second-order valence-electron chi connectivity index (χ2n) is 5.52. The molecule has 0 saturated heterocycles. The predicted octanol–water partition coefficient (Wildman–Crippen LogP) is 4.95. The van der Waals surface area contributed by atoms with Gasteiger partial charge < -0.3 is 4.57 Å². The lowest BCUT2D eigenvalue weighted by atomic mass is 10.2. The van der Waals surface area contributed by atoms with E-state index >= 15 is 0 Å². The molecule has 0 spiro atoms. The summed E-state index contributed by atoms with van der Waals surface area (Å²) in [5, 5.41) is 13.1. The van der Waals surface area contributed by atoms with Crippen molar-refractivity contribution in [1.29, 1.82) is 0 Å². The third-order valence-electron chi connectivity index (χ3n) is 3.76. The average Bonchev–Trinajstić information content (AvgIpc) is 3.28. The number of nitrogens with zero attached hydrogens (tertiary/aromatic N) is 5. The second-order valence-corrected chi connectivity index (χ2v) is 7.73. The molecule has 0 bridgehead atoms. The molecule has 4 rings (SSSR count). The molecule has 130 valence electrons. The molecule has 8 heteroatoms. The zero-order valence-electron chi connectivity index (χ0n) is 13.8. The van der Waals surface area contributed by atoms with Crippen LogP contribution in [-0.2, 0) is 12.8 Å². The highest BCUT2D eigenvalue weighted by atomic mass is 35.5. The second kappa shape index (κ2) is 7.57. The van der Waals surface area contributed by atoms with E-state index in [1.54, 1.807) is 35.5 Å². The minimum Gasteiger partial charge on any atom is -0.305 e. The summed E-state index contributed by atoms with van der Waals surface area (Å²) in [6, 6.07) is 11.6. The quantitative estimate of drug-likeness (QED) is 0.444. The Bertz CT molecular complexity index is 1030. The van der Waals surface area contributed by atoms with Gasteiger partial charge >= 0.3 is 0 Å². The highest BCUT2D eigenvalue weighted by Gasteiger charge is 2.13. The Labute approximate surface area is 164 Å². The molecule has 0 radical (unpaired) electrons. The lowest BCUT2D eigenvalue weighted by molar-refractivity contribution is 0.793. The van der Waals surface area contributed by atoms with Crippen LogP contribution in [0.2, 0.25) is 5.02 Å². The van der Waals surface area contributed by atoms with Gasteiger partial charge in [-0.1, -0.05) is 41.6 Å². The van der Waals surface area contributed by atoms with Gasteiger partial charge in [0.05, 0.1) is 10.7 Å². The largest absolute Gasteiger partial charge is 0.305 e. The van der Waals surface area contributed by atoms with Gasteiger partial charge in [0, 0.05) is 41.7 Å². The molecule has 4 aromatic rings. The molecule has 3 heterocycles. The van der Waals surface area contributed by atoms with E-state index in [1.807, 2.05) is 48.0 Å². The fourth-order valence-electron chi connectivity index (χ4n) is 2.46. The molecule has 0 fully saturated rings. The van der Waals surface area contributed by atoms with Gasteiger partial charge in [-0.3, -0.25) is 4.98 Å². The van der Waals surface area contributed by atoms with Crippen molar-refractivity contribution in [2.75, 3.05) is 0 Å². The van der Waals surface area contributed by atoms with Gasteiger partial charge in [0.2, 0.25) is 0 Å². The Hall–Kier alpha value is -2.22. The fraction of sp³-hybridized carbons (Fsp3) is 0.111. The van der Waals surface area contributed by atoms with Gasteiger partial charge in [0.25, 0.3) is 0 Å². The van der Waals surface area contributed by atoms with Crippen LogP contribution in [0, 0.1) is 0 Å². The van der Waals surface area contributed by atoms with Crippen molar-refractivity contribution in [2.24, 2.45) is 7.05 Å². The van der Waals surface area contributed by atoms with Crippen molar-refractivity contribution in [3.05, 3.63) is 64.9 Å². The standard InChI is InChI=1S/C18H14ClN5S2/c1-24-16(12-5-4-8-20-9-12)22-23-18(24)26-11-13-10-25-17(21-13)14-6-2-3-7-15(14)19/h2-10H,11H2,1H3. The topological polar surface area (TPSA) is 56.5 Å². The molecule has 26 heavy (non-hydrogen) atoms. The van der Waals surface area contributed by atoms with Crippen molar-refractivity contribution in [1.82, 2.24) is 24.7 Å². The van der Waals surface area contributed by atoms with Crippen LogP contribution in [0.25, 0.3) is 22.0 Å². The molecule has 0 aliphatic heterocycles. The number of halogens is 1. The Balaban J connectivity index is 1.49. The summed E-state index contributed by atoms with van der Waals surface area (Å²) in [4.78, 5) is 8.83. The Kier molecular flexibility index (Phi) is 5.01. The van der Waals surface area contributed by atoms with E-state index in [9.17, 15) is 0 Å². The Morgan fingerprint density at radius 1 is 1.15 bits per heavy atom. The first-order valence-electron chi connectivity index (χ1n) is 7.84. The van der Waals surface area contributed by atoms with Gasteiger partial charge in [0.15, 0.2) is 11.0 Å². The number of thioether (sulfide) groups is 1. The Morgan fingerprint density at radius 3 is 2.85 bits per heavy atom. The maximum Gasteiger partial charge on any atom is 0.191 e. The molecule has 0 N–H and O–H groups in total. The van der Waals surface area contributed by atoms with Crippen LogP contribution in [-0.4, -0.2) is 24.7 Å². The van der Waals surface area contributed by atoms with Crippen LogP contribution in [0.5, 0.6) is 0 Å². The lowest BCUT2D eigenvalue weighted by Gasteiger charge is -2.02. The van der Waals surface area contributed by atoms with Crippen molar-refractivity contribution in [3.8, 4) is 22.0 Å². The number of hydrogen-bond donors (Lipinski definition) is 0.